The van der Waals surface area contributed by atoms with E-state index < -0.39 is 17.2 Å². The topological polar surface area (TPSA) is 50.4 Å². The van der Waals surface area contributed by atoms with Gasteiger partial charge in [0, 0.05) is 11.5 Å². The Kier molecular flexibility index (Phi) is 1.55. The van der Waals surface area contributed by atoms with Gasteiger partial charge in [-0.25, -0.2) is 4.79 Å². The molecule has 0 radical (unpaired) electrons. The molecule has 0 aliphatic heterocycles. The first-order valence-corrected chi connectivity index (χ1v) is 3.60. The fourth-order valence-corrected chi connectivity index (χ4v) is 1.09. The standard InChI is InChI=1S/C9H5FO3/c10-8-6(11)3-1-5-2-4-7(12)13-9(5)8/h1-4,11H. The molecular formula is C9H5FO3. The van der Waals surface area contributed by atoms with Gasteiger partial charge in [0.1, 0.15) is 0 Å². The highest BCUT2D eigenvalue weighted by Gasteiger charge is 2.08. The van der Waals surface area contributed by atoms with Gasteiger partial charge in [-0.05, 0) is 18.2 Å². The highest BCUT2D eigenvalue weighted by Crippen LogP contribution is 2.23. The Balaban J connectivity index is 2.97. The third-order valence-electron chi connectivity index (χ3n) is 1.71. The van der Waals surface area contributed by atoms with Crippen molar-refractivity contribution in [2.75, 3.05) is 0 Å². The number of hydrogen-bond donors (Lipinski definition) is 1. The van der Waals surface area contributed by atoms with Crippen LogP contribution in [0, 0.1) is 5.82 Å². The van der Waals surface area contributed by atoms with Crippen LogP contribution in [0.4, 0.5) is 4.39 Å². The van der Waals surface area contributed by atoms with E-state index in [1.165, 1.54) is 24.3 Å². The first-order valence-electron chi connectivity index (χ1n) is 3.60. The Bertz CT molecular complexity index is 516. The lowest BCUT2D eigenvalue weighted by Gasteiger charge is -1.98. The van der Waals surface area contributed by atoms with Crippen LogP contribution in [0.5, 0.6) is 5.75 Å². The average Bonchev–Trinajstić information content (AvgIpc) is 2.12. The van der Waals surface area contributed by atoms with Gasteiger partial charge in [-0.15, -0.1) is 0 Å². The Morgan fingerprint density at radius 1 is 1.23 bits per heavy atom. The van der Waals surface area contributed by atoms with E-state index in [0.717, 1.165) is 0 Å². The third kappa shape index (κ3) is 1.16. The van der Waals surface area contributed by atoms with Crippen LogP contribution in [0.25, 0.3) is 11.0 Å². The fourth-order valence-electron chi connectivity index (χ4n) is 1.09. The summed E-state index contributed by atoms with van der Waals surface area (Å²) in [7, 11) is 0. The van der Waals surface area contributed by atoms with Crippen molar-refractivity contribution < 1.29 is 13.9 Å². The molecule has 1 N–H and O–H groups in total. The minimum atomic E-state index is -0.907. The van der Waals surface area contributed by atoms with Crippen molar-refractivity contribution >= 4 is 11.0 Å². The zero-order chi connectivity index (χ0) is 9.42. The number of phenols is 1. The van der Waals surface area contributed by atoms with Crippen LogP contribution in [0.2, 0.25) is 0 Å². The molecule has 66 valence electrons. The summed E-state index contributed by atoms with van der Waals surface area (Å²) in [5, 5.41) is 9.41. The highest BCUT2D eigenvalue weighted by molar-refractivity contribution is 5.78. The van der Waals surface area contributed by atoms with Crippen LogP contribution < -0.4 is 5.63 Å². The number of halogens is 1. The van der Waals surface area contributed by atoms with E-state index in [0.29, 0.717) is 5.39 Å². The Labute approximate surface area is 72.0 Å². The van der Waals surface area contributed by atoms with Crippen molar-refractivity contribution in [2.45, 2.75) is 0 Å². The summed E-state index contributed by atoms with van der Waals surface area (Å²) in [5.41, 5.74) is -0.857. The number of fused-ring (bicyclic) bond motifs is 1. The molecule has 1 aromatic carbocycles. The summed E-state index contributed by atoms with van der Waals surface area (Å²) < 4.78 is 17.7. The van der Waals surface area contributed by atoms with Crippen LogP contribution in [0.15, 0.2) is 33.5 Å². The highest BCUT2D eigenvalue weighted by atomic mass is 19.1. The molecule has 13 heavy (non-hydrogen) atoms. The first-order chi connectivity index (χ1) is 6.18. The Morgan fingerprint density at radius 2 is 1.92 bits per heavy atom. The maximum atomic E-state index is 13.1. The van der Waals surface area contributed by atoms with Crippen molar-refractivity contribution in [3.63, 3.8) is 0 Å². The molecule has 1 heterocycles. The van der Waals surface area contributed by atoms with Crippen molar-refractivity contribution in [1.82, 2.24) is 0 Å². The minimum Gasteiger partial charge on any atom is -0.505 e. The van der Waals surface area contributed by atoms with Crippen molar-refractivity contribution in [1.29, 1.82) is 0 Å². The smallest absolute Gasteiger partial charge is 0.336 e. The second-order valence-electron chi connectivity index (χ2n) is 2.57. The molecule has 1 aromatic heterocycles. The van der Waals surface area contributed by atoms with Gasteiger partial charge in [0.25, 0.3) is 0 Å². The van der Waals surface area contributed by atoms with Crippen molar-refractivity contribution in [3.05, 3.63) is 40.5 Å². The van der Waals surface area contributed by atoms with Gasteiger partial charge in [-0.3, -0.25) is 0 Å². The number of rotatable bonds is 0. The maximum absolute atomic E-state index is 13.1. The summed E-state index contributed by atoms with van der Waals surface area (Å²) >= 11 is 0. The molecular weight excluding hydrogens is 175 g/mol. The van der Waals surface area contributed by atoms with Gasteiger partial charge in [0.05, 0.1) is 0 Å². The van der Waals surface area contributed by atoms with E-state index in [1.54, 1.807) is 0 Å². The molecule has 0 fully saturated rings. The quantitative estimate of drug-likeness (QED) is 0.627. The van der Waals surface area contributed by atoms with Gasteiger partial charge >= 0.3 is 5.63 Å². The summed E-state index contributed by atoms with van der Waals surface area (Å²) in [6.45, 7) is 0. The van der Waals surface area contributed by atoms with Crippen molar-refractivity contribution in [2.24, 2.45) is 0 Å². The Morgan fingerprint density at radius 3 is 2.69 bits per heavy atom. The zero-order valence-corrected chi connectivity index (χ0v) is 6.45. The van der Waals surface area contributed by atoms with Crippen molar-refractivity contribution in [3.8, 4) is 5.75 Å². The van der Waals surface area contributed by atoms with E-state index in [1.807, 2.05) is 0 Å². The molecule has 0 aliphatic rings. The van der Waals surface area contributed by atoms with E-state index in [2.05, 4.69) is 4.42 Å². The molecule has 0 unspecified atom stereocenters. The molecule has 0 amide bonds. The number of hydrogen-bond acceptors (Lipinski definition) is 3. The molecule has 2 aromatic rings. The van der Waals surface area contributed by atoms with Gasteiger partial charge in [0.15, 0.2) is 11.3 Å². The molecule has 0 aliphatic carbocycles. The maximum Gasteiger partial charge on any atom is 0.336 e. The van der Waals surface area contributed by atoms with E-state index >= 15 is 0 Å². The van der Waals surface area contributed by atoms with E-state index in [-0.39, 0.29) is 5.58 Å². The minimum absolute atomic E-state index is 0.215. The molecule has 0 saturated carbocycles. The van der Waals surface area contributed by atoms with Crippen LogP contribution in [0.3, 0.4) is 0 Å². The van der Waals surface area contributed by atoms with Crippen LogP contribution >= 0.6 is 0 Å². The molecule has 0 bridgehead atoms. The zero-order valence-electron chi connectivity index (χ0n) is 6.45. The Hall–Kier alpha value is -1.84. The lowest BCUT2D eigenvalue weighted by molar-refractivity contribution is 0.425. The molecule has 3 nitrogen and oxygen atoms in total. The largest absolute Gasteiger partial charge is 0.505 e. The molecule has 0 atom stereocenters. The van der Waals surface area contributed by atoms with Crippen LogP contribution in [-0.2, 0) is 0 Å². The van der Waals surface area contributed by atoms with Crippen LogP contribution in [0.1, 0.15) is 0 Å². The van der Waals surface area contributed by atoms with E-state index in [4.69, 9.17) is 5.11 Å². The third-order valence-corrected chi connectivity index (χ3v) is 1.71. The SMILES string of the molecule is O=c1ccc2ccc(O)c(F)c2o1. The average molecular weight is 180 g/mol. The second-order valence-corrected chi connectivity index (χ2v) is 2.57. The summed E-state index contributed by atoms with van der Waals surface area (Å²) in [5.74, 6) is -1.43. The van der Waals surface area contributed by atoms with Gasteiger partial charge in [0.2, 0.25) is 5.82 Å². The molecule has 2 rings (SSSR count). The summed E-state index contributed by atoms with van der Waals surface area (Å²) in [6, 6.07) is 5.30. The number of aromatic hydroxyl groups is 1. The normalized spacial score (nSPS) is 10.5. The van der Waals surface area contributed by atoms with Crippen LogP contribution in [-0.4, -0.2) is 5.11 Å². The number of phenolic OH excluding ortho intramolecular Hbond substituents is 1. The monoisotopic (exact) mass is 180 g/mol. The fraction of sp³-hybridized carbons (Fsp3) is 0. The van der Waals surface area contributed by atoms with Gasteiger partial charge in [-0.2, -0.15) is 4.39 Å². The van der Waals surface area contributed by atoms with E-state index in [9.17, 15) is 9.18 Å². The lowest BCUT2D eigenvalue weighted by Crippen LogP contribution is -1.95. The lowest BCUT2D eigenvalue weighted by atomic mass is 10.2. The molecule has 4 heteroatoms. The van der Waals surface area contributed by atoms with Gasteiger partial charge in [-0.1, -0.05) is 0 Å². The number of benzene rings is 1. The predicted octanol–water partition coefficient (Wildman–Crippen LogP) is 1.64. The summed E-state index contributed by atoms with van der Waals surface area (Å²) in [6.07, 6.45) is 0. The predicted molar refractivity (Wildman–Crippen MR) is 44.1 cm³/mol. The first kappa shape index (κ1) is 7.79. The van der Waals surface area contributed by atoms with Gasteiger partial charge < -0.3 is 9.52 Å². The second kappa shape index (κ2) is 2.58. The molecule has 0 saturated heterocycles. The summed E-state index contributed by atoms with van der Waals surface area (Å²) in [4.78, 5) is 10.7. The molecule has 0 spiro atoms.